The molecule has 2 aromatic heterocycles. The smallest absolute Gasteiger partial charge is 0.344 e. The van der Waals surface area contributed by atoms with Crippen molar-refractivity contribution in [3.05, 3.63) is 94.5 Å². The second-order valence-corrected chi connectivity index (χ2v) is 9.67. The summed E-state index contributed by atoms with van der Waals surface area (Å²) in [6.45, 7) is 0.667. The van der Waals surface area contributed by atoms with Crippen LogP contribution < -0.4 is 14.8 Å². The van der Waals surface area contributed by atoms with Gasteiger partial charge in [-0.15, -0.1) is 0 Å². The Morgan fingerprint density at radius 2 is 1.61 bits per heavy atom. The summed E-state index contributed by atoms with van der Waals surface area (Å²) in [7, 11) is 3.08. The molecule has 1 N–H and O–H groups in total. The first-order valence-electron chi connectivity index (χ1n) is 13.0. The van der Waals surface area contributed by atoms with Crippen LogP contribution in [0.4, 0.5) is 10.3 Å². The lowest BCUT2D eigenvalue weighted by Crippen LogP contribution is -2.21. The third-order valence-corrected chi connectivity index (χ3v) is 6.92. The van der Waals surface area contributed by atoms with Crippen LogP contribution in [0.2, 0.25) is 5.02 Å². The molecule has 0 aliphatic rings. The van der Waals surface area contributed by atoms with Crippen molar-refractivity contribution in [1.29, 1.82) is 5.26 Å². The Hall–Kier alpha value is -5.60. The molecule has 5 rings (SSSR count). The van der Waals surface area contributed by atoms with Crippen LogP contribution in [0.1, 0.15) is 21.7 Å². The van der Waals surface area contributed by atoms with Crippen molar-refractivity contribution >= 4 is 29.4 Å². The summed E-state index contributed by atoms with van der Waals surface area (Å²) in [5.41, 5.74) is 1.22. The fraction of sp³-hybridized carbons (Fsp3) is 0.125. The van der Waals surface area contributed by atoms with Crippen molar-refractivity contribution in [2.45, 2.75) is 6.92 Å². The average molecular weight is 616 g/mol. The van der Waals surface area contributed by atoms with Crippen molar-refractivity contribution in [3.63, 3.8) is 0 Å². The van der Waals surface area contributed by atoms with E-state index in [-0.39, 0.29) is 39.1 Å². The van der Waals surface area contributed by atoms with E-state index >= 15 is 0 Å². The third kappa shape index (κ3) is 5.84. The summed E-state index contributed by atoms with van der Waals surface area (Å²) in [5, 5.41) is 16.4. The molecule has 0 bridgehead atoms. The zero-order valence-electron chi connectivity index (χ0n) is 23.6. The number of anilines is 1. The van der Waals surface area contributed by atoms with Gasteiger partial charge in [0, 0.05) is 11.1 Å². The molecular formula is C32H23ClFN3O7. The molecule has 12 heteroatoms. The molecule has 222 valence electrons. The van der Waals surface area contributed by atoms with Gasteiger partial charge >= 0.3 is 5.97 Å². The molecule has 44 heavy (non-hydrogen) atoms. The van der Waals surface area contributed by atoms with Gasteiger partial charge in [-0.2, -0.15) is 5.26 Å². The molecule has 3 aromatic carbocycles. The maximum atomic E-state index is 14.5. The van der Waals surface area contributed by atoms with Crippen molar-refractivity contribution in [1.82, 2.24) is 5.16 Å². The summed E-state index contributed by atoms with van der Waals surface area (Å²) in [6, 6.07) is 20.0. The number of aromatic nitrogens is 1. The van der Waals surface area contributed by atoms with E-state index in [1.165, 1.54) is 26.2 Å². The molecule has 0 radical (unpaired) electrons. The Morgan fingerprint density at radius 3 is 2.20 bits per heavy atom. The Bertz CT molecular complexity index is 1870. The number of aryl methyl sites for hydroxylation is 1. The van der Waals surface area contributed by atoms with Gasteiger partial charge in [0.1, 0.15) is 51.7 Å². The second kappa shape index (κ2) is 12.7. The first-order chi connectivity index (χ1) is 21.2. The molecule has 0 fully saturated rings. The number of carbonyl (C=O) groups excluding carboxylic acids is 2. The zero-order valence-corrected chi connectivity index (χ0v) is 24.3. The summed E-state index contributed by atoms with van der Waals surface area (Å²) in [4.78, 5) is 25.9. The van der Waals surface area contributed by atoms with Crippen molar-refractivity contribution < 1.29 is 37.1 Å². The molecule has 0 saturated carbocycles. The van der Waals surface area contributed by atoms with Crippen molar-refractivity contribution in [3.8, 4) is 51.3 Å². The van der Waals surface area contributed by atoms with Crippen LogP contribution in [-0.4, -0.2) is 37.9 Å². The van der Waals surface area contributed by atoms with Gasteiger partial charge in [0.2, 0.25) is 5.88 Å². The van der Waals surface area contributed by atoms with E-state index in [1.54, 1.807) is 55.6 Å². The van der Waals surface area contributed by atoms with Gasteiger partial charge < -0.3 is 23.2 Å². The van der Waals surface area contributed by atoms with Gasteiger partial charge in [0.05, 0.1) is 24.8 Å². The second-order valence-electron chi connectivity index (χ2n) is 9.26. The lowest BCUT2D eigenvalue weighted by molar-refractivity contribution is -0.119. The molecular weight excluding hydrogens is 593 g/mol. The number of esters is 1. The largest absolute Gasteiger partial charge is 0.497 e. The van der Waals surface area contributed by atoms with E-state index in [0.717, 1.165) is 6.07 Å². The number of methoxy groups -OCH3 is 2. The summed E-state index contributed by atoms with van der Waals surface area (Å²) < 4.78 is 41.4. The topological polar surface area (TPSA) is 137 Å². The molecule has 0 aliphatic heterocycles. The highest BCUT2D eigenvalue weighted by Gasteiger charge is 2.28. The molecule has 1 amide bonds. The Balaban J connectivity index is 1.42. The molecule has 0 unspecified atom stereocenters. The quantitative estimate of drug-likeness (QED) is 0.173. The van der Waals surface area contributed by atoms with Crippen LogP contribution >= 0.6 is 11.6 Å². The molecule has 0 aliphatic carbocycles. The number of rotatable bonds is 9. The van der Waals surface area contributed by atoms with Gasteiger partial charge in [0.15, 0.2) is 6.61 Å². The van der Waals surface area contributed by atoms with Gasteiger partial charge in [0.25, 0.3) is 5.91 Å². The highest BCUT2D eigenvalue weighted by Crippen LogP contribution is 2.42. The summed E-state index contributed by atoms with van der Waals surface area (Å²) in [6.07, 6.45) is 0. The molecule has 5 aromatic rings. The van der Waals surface area contributed by atoms with E-state index < -0.39 is 24.3 Å². The normalized spacial score (nSPS) is 10.6. The Morgan fingerprint density at radius 1 is 0.977 bits per heavy atom. The monoisotopic (exact) mass is 615 g/mol. The minimum Gasteiger partial charge on any atom is -0.497 e. The lowest BCUT2D eigenvalue weighted by Gasteiger charge is -2.07. The predicted octanol–water partition coefficient (Wildman–Crippen LogP) is 7.05. The zero-order chi connectivity index (χ0) is 31.4. The molecule has 0 saturated heterocycles. The molecule has 10 nitrogen and oxygen atoms in total. The standard InChI is InChI=1S/C32H23ClFN3O7/c1-17-26(29(37-44-17)28-23(33)5-4-6-24(28)34)32(39)42-16-25(38)36-31-22(15-35)27(18-7-11-20(40-2)12-8-18)30(43-31)19-9-13-21(41-3)14-10-19/h4-14H,16H2,1-3H3,(H,36,38). The number of hydrogen-bond acceptors (Lipinski definition) is 9. The predicted molar refractivity (Wildman–Crippen MR) is 158 cm³/mol. The fourth-order valence-electron chi connectivity index (χ4n) is 4.48. The van der Waals surface area contributed by atoms with Crippen LogP contribution in [0, 0.1) is 24.1 Å². The summed E-state index contributed by atoms with van der Waals surface area (Å²) in [5.74, 6) is -1.09. The first kappa shape index (κ1) is 29.9. The van der Waals surface area contributed by atoms with E-state index in [9.17, 15) is 19.2 Å². The lowest BCUT2D eigenvalue weighted by atomic mass is 9.98. The third-order valence-electron chi connectivity index (χ3n) is 6.60. The fourth-order valence-corrected chi connectivity index (χ4v) is 4.73. The Kier molecular flexibility index (Phi) is 8.64. The maximum absolute atomic E-state index is 14.5. The number of benzene rings is 3. The number of nitrogens with zero attached hydrogens (tertiary/aromatic N) is 2. The van der Waals surface area contributed by atoms with Gasteiger partial charge in [-0.25, -0.2) is 9.18 Å². The minimum atomic E-state index is -0.994. The van der Waals surface area contributed by atoms with Crippen LogP contribution in [-0.2, 0) is 9.53 Å². The molecule has 2 heterocycles. The minimum absolute atomic E-state index is 0.00673. The number of halogens is 2. The highest BCUT2D eigenvalue weighted by molar-refractivity contribution is 6.33. The number of amides is 1. The SMILES string of the molecule is COc1ccc(-c2oc(NC(=O)COC(=O)c3c(-c4c(F)cccc4Cl)noc3C)c(C#N)c2-c2ccc(OC)cc2)cc1. The van der Waals surface area contributed by atoms with E-state index in [0.29, 0.717) is 33.9 Å². The van der Waals surface area contributed by atoms with Crippen LogP contribution in [0.3, 0.4) is 0 Å². The van der Waals surface area contributed by atoms with Crippen molar-refractivity contribution in [2.75, 3.05) is 26.1 Å². The first-order valence-corrected chi connectivity index (χ1v) is 13.4. The molecule has 0 atom stereocenters. The van der Waals surface area contributed by atoms with E-state index in [2.05, 4.69) is 16.5 Å². The highest BCUT2D eigenvalue weighted by atomic mass is 35.5. The number of hydrogen-bond donors (Lipinski definition) is 1. The van der Waals surface area contributed by atoms with E-state index in [1.807, 2.05) is 0 Å². The maximum Gasteiger partial charge on any atom is 0.344 e. The van der Waals surface area contributed by atoms with Gasteiger partial charge in [-0.1, -0.05) is 35.0 Å². The number of nitriles is 1. The van der Waals surface area contributed by atoms with Crippen LogP contribution in [0.15, 0.2) is 75.7 Å². The number of nitrogens with one attached hydrogen (secondary N) is 1. The summed E-state index contributed by atoms with van der Waals surface area (Å²) >= 11 is 6.14. The number of carbonyl (C=O) groups is 2. The number of furan rings is 1. The van der Waals surface area contributed by atoms with Crippen LogP contribution in [0.25, 0.3) is 33.7 Å². The van der Waals surface area contributed by atoms with E-state index in [4.69, 9.17) is 34.8 Å². The molecule has 0 spiro atoms. The van der Waals surface area contributed by atoms with Crippen LogP contribution in [0.5, 0.6) is 11.5 Å². The number of ether oxygens (including phenoxy) is 3. The Labute approximate surface area is 255 Å². The van der Waals surface area contributed by atoms with Gasteiger partial charge in [-0.3, -0.25) is 10.1 Å². The van der Waals surface area contributed by atoms with Gasteiger partial charge in [-0.05, 0) is 61.0 Å². The average Bonchev–Trinajstić information content (AvgIpc) is 3.59. The van der Waals surface area contributed by atoms with Crippen molar-refractivity contribution in [2.24, 2.45) is 0 Å².